The van der Waals surface area contributed by atoms with Crippen molar-refractivity contribution >= 4 is 0 Å². The number of halogens is 1. The lowest BCUT2D eigenvalue weighted by atomic mass is 10.0. The Labute approximate surface area is 109 Å². The number of rotatable bonds is 3. The first-order chi connectivity index (χ1) is 8.70. The van der Waals surface area contributed by atoms with Crippen molar-refractivity contribution in [2.75, 3.05) is 19.6 Å². The molecule has 1 aliphatic rings. The van der Waals surface area contributed by atoms with Gasteiger partial charge in [-0.3, -0.25) is 4.90 Å². The molecule has 2 N–H and O–H groups in total. The maximum atomic E-state index is 13.0. The van der Waals surface area contributed by atoms with Gasteiger partial charge in [-0.15, -0.1) is 0 Å². The minimum Gasteiger partial charge on any atom is -0.329 e. The molecule has 1 heterocycles. The standard InChI is InChI=1S/C15H23FN2/c1-12-3-2-9-18(10-8-12)15(11-17)13-4-6-14(16)7-5-13/h4-7,12,15H,2-3,8-11,17H2,1H3. The van der Waals surface area contributed by atoms with Gasteiger partial charge in [-0.2, -0.15) is 0 Å². The van der Waals surface area contributed by atoms with Crippen molar-refractivity contribution in [3.63, 3.8) is 0 Å². The molecule has 0 spiro atoms. The molecule has 0 aliphatic carbocycles. The summed E-state index contributed by atoms with van der Waals surface area (Å²) in [5, 5.41) is 0. The molecule has 0 amide bonds. The molecular weight excluding hydrogens is 227 g/mol. The Morgan fingerprint density at radius 1 is 1.28 bits per heavy atom. The first kappa shape index (κ1) is 13.5. The third kappa shape index (κ3) is 3.30. The normalized spacial score (nSPS) is 23.6. The summed E-state index contributed by atoms with van der Waals surface area (Å²) in [7, 11) is 0. The van der Waals surface area contributed by atoms with E-state index in [0.29, 0.717) is 6.54 Å². The molecule has 1 saturated heterocycles. The van der Waals surface area contributed by atoms with E-state index < -0.39 is 0 Å². The fourth-order valence-electron chi connectivity index (χ4n) is 2.78. The second-order valence-corrected chi connectivity index (χ2v) is 5.38. The van der Waals surface area contributed by atoms with Gasteiger partial charge in [-0.25, -0.2) is 4.39 Å². The van der Waals surface area contributed by atoms with E-state index in [1.165, 1.54) is 31.4 Å². The summed E-state index contributed by atoms with van der Waals surface area (Å²) in [5.74, 6) is 0.626. The number of hydrogen-bond donors (Lipinski definition) is 1. The summed E-state index contributed by atoms with van der Waals surface area (Å²) >= 11 is 0. The summed E-state index contributed by atoms with van der Waals surface area (Å²) in [5.41, 5.74) is 7.06. The highest BCUT2D eigenvalue weighted by atomic mass is 19.1. The van der Waals surface area contributed by atoms with Gasteiger partial charge in [0, 0.05) is 12.6 Å². The maximum Gasteiger partial charge on any atom is 0.123 e. The van der Waals surface area contributed by atoms with Crippen LogP contribution in [0.4, 0.5) is 4.39 Å². The van der Waals surface area contributed by atoms with Gasteiger partial charge >= 0.3 is 0 Å². The van der Waals surface area contributed by atoms with Gasteiger partial charge in [0.1, 0.15) is 5.82 Å². The van der Waals surface area contributed by atoms with E-state index in [4.69, 9.17) is 5.73 Å². The van der Waals surface area contributed by atoms with Crippen molar-refractivity contribution in [2.24, 2.45) is 11.7 Å². The zero-order valence-corrected chi connectivity index (χ0v) is 11.1. The number of nitrogens with zero attached hydrogens (tertiary/aromatic N) is 1. The van der Waals surface area contributed by atoms with Crippen LogP contribution >= 0.6 is 0 Å². The van der Waals surface area contributed by atoms with Crippen molar-refractivity contribution in [1.29, 1.82) is 0 Å². The van der Waals surface area contributed by atoms with E-state index in [0.717, 1.165) is 24.6 Å². The van der Waals surface area contributed by atoms with Crippen LogP contribution in [0.15, 0.2) is 24.3 Å². The Bertz CT molecular complexity index is 363. The van der Waals surface area contributed by atoms with Crippen LogP contribution in [0, 0.1) is 11.7 Å². The van der Waals surface area contributed by atoms with E-state index in [9.17, 15) is 4.39 Å². The van der Waals surface area contributed by atoms with Crippen molar-refractivity contribution in [3.8, 4) is 0 Å². The molecule has 0 radical (unpaired) electrons. The highest BCUT2D eigenvalue weighted by molar-refractivity contribution is 5.20. The zero-order chi connectivity index (χ0) is 13.0. The average molecular weight is 250 g/mol. The fourth-order valence-corrected chi connectivity index (χ4v) is 2.78. The molecule has 2 nitrogen and oxygen atoms in total. The number of hydrogen-bond acceptors (Lipinski definition) is 2. The number of benzene rings is 1. The van der Waals surface area contributed by atoms with Gasteiger partial charge in [-0.1, -0.05) is 19.1 Å². The van der Waals surface area contributed by atoms with Gasteiger partial charge < -0.3 is 5.73 Å². The molecule has 0 bridgehead atoms. The quantitative estimate of drug-likeness (QED) is 0.893. The largest absolute Gasteiger partial charge is 0.329 e. The Morgan fingerprint density at radius 2 is 2.00 bits per heavy atom. The van der Waals surface area contributed by atoms with Crippen LogP contribution in [0.3, 0.4) is 0 Å². The van der Waals surface area contributed by atoms with Gasteiger partial charge in [-0.05, 0) is 56.0 Å². The molecule has 1 fully saturated rings. The van der Waals surface area contributed by atoms with Crippen molar-refractivity contribution in [2.45, 2.75) is 32.2 Å². The minimum atomic E-state index is -0.181. The van der Waals surface area contributed by atoms with E-state index in [1.54, 1.807) is 0 Å². The highest BCUT2D eigenvalue weighted by Gasteiger charge is 2.21. The number of nitrogens with two attached hydrogens (primary N) is 1. The summed E-state index contributed by atoms with van der Waals surface area (Å²) in [6, 6.07) is 7.01. The van der Waals surface area contributed by atoms with E-state index in [2.05, 4.69) is 11.8 Å². The van der Waals surface area contributed by atoms with Crippen molar-refractivity contribution < 1.29 is 4.39 Å². The molecule has 0 saturated carbocycles. The van der Waals surface area contributed by atoms with Crippen molar-refractivity contribution in [1.82, 2.24) is 4.90 Å². The summed E-state index contributed by atoms with van der Waals surface area (Å²) in [6.07, 6.45) is 3.77. The second-order valence-electron chi connectivity index (χ2n) is 5.38. The lowest BCUT2D eigenvalue weighted by Crippen LogP contribution is -2.34. The first-order valence-electron chi connectivity index (χ1n) is 6.90. The molecule has 3 heteroatoms. The third-order valence-corrected chi connectivity index (χ3v) is 3.97. The average Bonchev–Trinajstić information content (AvgIpc) is 2.58. The predicted octanol–water partition coefficient (Wildman–Crippen LogP) is 2.95. The van der Waals surface area contributed by atoms with Crippen LogP contribution in [0.25, 0.3) is 0 Å². The Morgan fingerprint density at radius 3 is 2.67 bits per heavy atom. The maximum absolute atomic E-state index is 13.0. The second kappa shape index (κ2) is 6.30. The summed E-state index contributed by atoms with van der Waals surface area (Å²) in [6.45, 7) is 5.11. The van der Waals surface area contributed by atoms with Gasteiger partial charge in [0.15, 0.2) is 0 Å². The predicted molar refractivity (Wildman–Crippen MR) is 72.8 cm³/mol. The zero-order valence-electron chi connectivity index (χ0n) is 11.1. The molecule has 1 aliphatic heterocycles. The molecule has 100 valence electrons. The van der Waals surface area contributed by atoms with Crippen LogP contribution in [0.5, 0.6) is 0 Å². The minimum absolute atomic E-state index is 0.181. The van der Waals surface area contributed by atoms with Crippen LogP contribution < -0.4 is 5.73 Å². The Hall–Kier alpha value is -0.930. The Balaban J connectivity index is 2.09. The topological polar surface area (TPSA) is 29.3 Å². The first-order valence-corrected chi connectivity index (χ1v) is 6.90. The van der Waals surface area contributed by atoms with Crippen molar-refractivity contribution in [3.05, 3.63) is 35.6 Å². The molecule has 2 unspecified atom stereocenters. The molecule has 1 aromatic carbocycles. The molecule has 18 heavy (non-hydrogen) atoms. The lowest BCUT2D eigenvalue weighted by Gasteiger charge is -2.30. The van der Waals surface area contributed by atoms with Gasteiger partial charge in [0.25, 0.3) is 0 Å². The lowest BCUT2D eigenvalue weighted by molar-refractivity contribution is 0.207. The number of likely N-dealkylation sites (tertiary alicyclic amines) is 1. The Kier molecular flexibility index (Phi) is 4.72. The van der Waals surface area contributed by atoms with E-state index in [1.807, 2.05) is 12.1 Å². The van der Waals surface area contributed by atoms with E-state index >= 15 is 0 Å². The van der Waals surface area contributed by atoms with Crippen LogP contribution in [-0.2, 0) is 0 Å². The van der Waals surface area contributed by atoms with Gasteiger partial charge in [0.05, 0.1) is 0 Å². The SMILES string of the molecule is CC1CCCN(C(CN)c2ccc(F)cc2)CC1. The highest BCUT2D eigenvalue weighted by Crippen LogP contribution is 2.25. The molecule has 1 aromatic rings. The fraction of sp³-hybridized carbons (Fsp3) is 0.600. The molecule has 0 aromatic heterocycles. The van der Waals surface area contributed by atoms with E-state index in [-0.39, 0.29) is 11.9 Å². The van der Waals surface area contributed by atoms with Crippen LogP contribution in [0.1, 0.15) is 37.8 Å². The molecule has 2 atom stereocenters. The molecular formula is C15H23FN2. The van der Waals surface area contributed by atoms with Crippen LogP contribution in [-0.4, -0.2) is 24.5 Å². The summed E-state index contributed by atoms with van der Waals surface area (Å²) < 4.78 is 13.0. The van der Waals surface area contributed by atoms with Crippen LogP contribution in [0.2, 0.25) is 0 Å². The summed E-state index contributed by atoms with van der Waals surface area (Å²) in [4.78, 5) is 2.46. The smallest absolute Gasteiger partial charge is 0.123 e. The van der Waals surface area contributed by atoms with Gasteiger partial charge in [0.2, 0.25) is 0 Å². The monoisotopic (exact) mass is 250 g/mol. The third-order valence-electron chi connectivity index (χ3n) is 3.97. The molecule has 2 rings (SSSR count).